The van der Waals surface area contributed by atoms with Crippen molar-refractivity contribution in [2.75, 3.05) is 5.32 Å². The smallest absolute Gasteiger partial charge is 0.306 e. The molecular weight excluding hydrogens is 356 g/mol. The fourth-order valence-electron chi connectivity index (χ4n) is 1.52. The maximum atomic E-state index is 12.9. The van der Waals surface area contributed by atoms with Crippen molar-refractivity contribution in [3.8, 4) is 0 Å². The second-order valence-electron chi connectivity index (χ2n) is 4.02. The maximum Gasteiger partial charge on any atom is 0.416 e. The van der Waals surface area contributed by atoms with Gasteiger partial charge in [0.1, 0.15) is 11.6 Å². The van der Waals surface area contributed by atoms with Gasteiger partial charge in [-0.2, -0.15) is 13.2 Å². The van der Waals surface area contributed by atoms with E-state index in [0.717, 1.165) is 30.5 Å². The predicted molar refractivity (Wildman–Crippen MR) is 71.3 cm³/mol. The van der Waals surface area contributed by atoms with Gasteiger partial charge in [0, 0.05) is 5.56 Å². The van der Waals surface area contributed by atoms with E-state index in [1.807, 2.05) is 0 Å². The minimum absolute atomic E-state index is 0.0128. The van der Waals surface area contributed by atoms with Crippen LogP contribution in [0.5, 0.6) is 0 Å². The lowest BCUT2D eigenvalue weighted by molar-refractivity contribution is -0.137. The van der Waals surface area contributed by atoms with Gasteiger partial charge in [0.2, 0.25) is 0 Å². The molecule has 0 aliphatic carbocycles. The Morgan fingerprint density at radius 1 is 1.24 bits per heavy atom. The number of rotatable bonds is 2. The van der Waals surface area contributed by atoms with Crippen LogP contribution in [0, 0.1) is 5.82 Å². The largest absolute Gasteiger partial charge is 0.416 e. The summed E-state index contributed by atoms with van der Waals surface area (Å²) in [5.41, 5.74) is -1.11. The molecule has 0 saturated heterocycles. The molecule has 0 aliphatic heterocycles. The number of nitrogens with one attached hydrogen (secondary N) is 1. The second kappa shape index (κ2) is 5.80. The number of hydrogen-bond donors (Lipinski definition) is 1. The number of anilines is 1. The van der Waals surface area contributed by atoms with Crippen LogP contribution in [0.2, 0.25) is 0 Å². The van der Waals surface area contributed by atoms with Crippen molar-refractivity contribution < 1.29 is 22.4 Å². The van der Waals surface area contributed by atoms with Crippen molar-refractivity contribution in [2.45, 2.75) is 6.18 Å². The molecule has 0 radical (unpaired) electrons. The Balaban J connectivity index is 2.25. The standard InChI is InChI=1S/C13H7BrF4N2O/c14-10-5-9(15)6-19-11(10)20-12(21)7-2-1-3-8(4-7)13(16,17)18/h1-6H,(H,19,20,21). The molecule has 2 aromatic rings. The van der Waals surface area contributed by atoms with Crippen LogP contribution in [0.15, 0.2) is 41.0 Å². The fraction of sp³-hybridized carbons (Fsp3) is 0.0769. The van der Waals surface area contributed by atoms with E-state index < -0.39 is 23.5 Å². The van der Waals surface area contributed by atoms with Gasteiger partial charge >= 0.3 is 6.18 Å². The van der Waals surface area contributed by atoms with Crippen molar-refractivity contribution in [1.82, 2.24) is 4.98 Å². The van der Waals surface area contributed by atoms with Crippen molar-refractivity contribution in [3.05, 3.63) is 57.9 Å². The Kier molecular flexibility index (Phi) is 4.26. The molecular formula is C13H7BrF4N2O. The Labute approximate surface area is 125 Å². The van der Waals surface area contributed by atoms with Crippen LogP contribution >= 0.6 is 15.9 Å². The van der Waals surface area contributed by atoms with Crippen molar-refractivity contribution in [3.63, 3.8) is 0 Å². The van der Waals surface area contributed by atoms with Crippen molar-refractivity contribution in [1.29, 1.82) is 0 Å². The predicted octanol–water partition coefficient (Wildman–Crippen LogP) is 4.25. The first-order valence-corrected chi connectivity index (χ1v) is 6.36. The molecule has 21 heavy (non-hydrogen) atoms. The van der Waals surface area contributed by atoms with Gasteiger partial charge in [-0.05, 0) is 40.2 Å². The lowest BCUT2D eigenvalue weighted by Crippen LogP contribution is -2.15. The Morgan fingerprint density at radius 2 is 1.95 bits per heavy atom. The Hall–Kier alpha value is -1.96. The first-order chi connectivity index (χ1) is 9.77. The van der Waals surface area contributed by atoms with Gasteiger partial charge in [0.25, 0.3) is 5.91 Å². The molecule has 1 aromatic carbocycles. The molecule has 1 aromatic heterocycles. The molecule has 110 valence electrons. The van der Waals surface area contributed by atoms with E-state index >= 15 is 0 Å². The minimum Gasteiger partial charge on any atom is -0.306 e. The first-order valence-electron chi connectivity index (χ1n) is 5.57. The molecule has 3 nitrogen and oxygen atoms in total. The molecule has 2 rings (SSSR count). The third kappa shape index (κ3) is 3.78. The van der Waals surface area contributed by atoms with Crippen molar-refractivity contribution in [2.24, 2.45) is 0 Å². The van der Waals surface area contributed by atoms with Crippen LogP contribution in [0.4, 0.5) is 23.4 Å². The highest BCUT2D eigenvalue weighted by Crippen LogP contribution is 2.29. The number of hydrogen-bond acceptors (Lipinski definition) is 2. The van der Waals surface area contributed by atoms with Crippen LogP contribution in [0.3, 0.4) is 0 Å². The van der Waals surface area contributed by atoms with Gasteiger partial charge in [-0.3, -0.25) is 4.79 Å². The fourth-order valence-corrected chi connectivity index (χ4v) is 1.94. The summed E-state index contributed by atoms with van der Waals surface area (Å²) in [4.78, 5) is 15.5. The van der Waals surface area contributed by atoms with Crippen molar-refractivity contribution >= 4 is 27.7 Å². The van der Waals surface area contributed by atoms with Gasteiger partial charge in [-0.1, -0.05) is 6.07 Å². The van der Waals surface area contributed by atoms with E-state index in [2.05, 4.69) is 26.2 Å². The summed E-state index contributed by atoms with van der Waals surface area (Å²) in [5, 5.41) is 2.30. The Bertz CT molecular complexity index is 688. The van der Waals surface area contributed by atoms with E-state index in [0.29, 0.717) is 0 Å². The zero-order chi connectivity index (χ0) is 15.6. The number of alkyl halides is 3. The van der Waals surface area contributed by atoms with Gasteiger partial charge < -0.3 is 5.32 Å². The SMILES string of the molecule is O=C(Nc1ncc(F)cc1Br)c1cccc(C(F)(F)F)c1. The number of aromatic nitrogens is 1. The van der Waals surface area contributed by atoms with Gasteiger partial charge in [0.15, 0.2) is 0 Å². The van der Waals surface area contributed by atoms with Gasteiger partial charge in [-0.25, -0.2) is 9.37 Å². The zero-order valence-electron chi connectivity index (χ0n) is 10.2. The molecule has 0 fully saturated rings. The topological polar surface area (TPSA) is 42.0 Å². The summed E-state index contributed by atoms with van der Waals surface area (Å²) in [6.07, 6.45) is -3.66. The van der Waals surface area contributed by atoms with Crippen LogP contribution in [0.1, 0.15) is 15.9 Å². The molecule has 0 bridgehead atoms. The number of benzene rings is 1. The lowest BCUT2D eigenvalue weighted by Gasteiger charge is -2.09. The summed E-state index contributed by atoms with van der Waals surface area (Å²) in [7, 11) is 0. The summed E-state index contributed by atoms with van der Waals surface area (Å²) in [6, 6.07) is 5.04. The van der Waals surface area contributed by atoms with Gasteiger partial charge in [-0.15, -0.1) is 0 Å². The zero-order valence-corrected chi connectivity index (χ0v) is 11.8. The lowest BCUT2D eigenvalue weighted by atomic mass is 10.1. The van der Waals surface area contributed by atoms with E-state index in [1.54, 1.807) is 0 Å². The van der Waals surface area contributed by atoms with E-state index in [1.165, 1.54) is 6.07 Å². The van der Waals surface area contributed by atoms with Crippen LogP contribution in [-0.4, -0.2) is 10.9 Å². The highest BCUT2D eigenvalue weighted by atomic mass is 79.9. The average molecular weight is 363 g/mol. The molecule has 8 heteroatoms. The highest BCUT2D eigenvalue weighted by Gasteiger charge is 2.30. The third-order valence-electron chi connectivity index (χ3n) is 2.49. The van der Waals surface area contributed by atoms with E-state index in [4.69, 9.17) is 0 Å². The molecule has 0 saturated carbocycles. The van der Waals surface area contributed by atoms with E-state index in [9.17, 15) is 22.4 Å². The molecule has 1 heterocycles. The maximum absolute atomic E-state index is 12.9. The third-order valence-corrected chi connectivity index (χ3v) is 3.10. The quantitative estimate of drug-likeness (QED) is 0.811. The first kappa shape index (κ1) is 15.4. The normalized spacial score (nSPS) is 11.3. The number of halogens is 5. The summed E-state index contributed by atoms with van der Waals surface area (Å²) >= 11 is 3.00. The highest BCUT2D eigenvalue weighted by molar-refractivity contribution is 9.10. The number of pyridine rings is 1. The van der Waals surface area contributed by atoms with Crippen LogP contribution in [0.25, 0.3) is 0 Å². The van der Waals surface area contributed by atoms with Crippen LogP contribution < -0.4 is 5.32 Å². The summed E-state index contributed by atoms with van der Waals surface area (Å²) in [5.74, 6) is -1.38. The molecule has 1 amide bonds. The molecule has 1 N–H and O–H groups in total. The average Bonchev–Trinajstić information content (AvgIpc) is 2.41. The number of carbonyl (C=O) groups excluding carboxylic acids is 1. The monoisotopic (exact) mass is 362 g/mol. The number of carbonyl (C=O) groups is 1. The van der Waals surface area contributed by atoms with E-state index in [-0.39, 0.29) is 15.9 Å². The Morgan fingerprint density at radius 3 is 2.57 bits per heavy atom. The molecule has 0 spiro atoms. The molecule has 0 unspecified atom stereocenters. The minimum atomic E-state index is -4.54. The summed E-state index contributed by atoms with van der Waals surface area (Å²) in [6.45, 7) is 0. The van der Waals surface area contributed by atoms with Crippen LogP contribution in [-0.2, 0) is 6.18 Å². The summed E-state index contributed by atoms with van der Waals surface area (Å²) < 4.78 is 50.8. The van der Waals surface area contributed by atoms with Gasteiger partial charge in [0.05, 0.1) is 16.2 Å². The number of amides is 1. The second-order valence-corrected chi connectivity index (χ2v) is 4.87. The molecule has 0 atom stereocenters. The molecule has 0 aliphatic rings. The number of nitrogens with zero attached hydrogens (tertiary/aromatic N) is 1.